The number of benzene rings is 2. The number of nitrogens with one attached hydrogen (secondary N) is 1. The Kier molecular flexibility index (Phi) is 7.41. The molecule has 0 aliphatic heterocycles. The van der Waals surface area contributed by atoms with Crippen molar-refractivity contribution in [3.05, 3.63) is 58.1 Å². The molecule has 0 bridgehead atoms. The predicted molar refractivity (Wildman–Crippen MR) is 101 cm³/mol. The van der Waals surface area contributed by atoms with Crippen molar-refractivity contribution >= 4 is 29.1 Å². The molecular formula is C19H21Cl2NO3. The average molecular weight is 382 g/mol. The largest absolute Gasteiger partial charge is 0.493 e. The fourth-order valence-electron chi connectivity index (χ4n) is 2.35. The van der Waals surface area contributed by atoms with E-state index in [0.717, 1.165) is 5.56 Å². The zero-order chi connectivity index (χ0) is 18.2. The van der Waals surface area contributed by atoms with Crippen LogP contribution in [0.3, 0.4) is 0 Å². The Labute approximate surface area is 158 Å². The van der Waals surface area contributed by atoms with Crippen molar-refractivity contribution in [1.29, 1.82) is 0 Å². The van der Waals surface area contributed by atoms with Gasteiger partial charge in [0.05, 0.1) is 13.2 Å². The van der Waals surface area contributed by atoms with Crippen molar-refractivity contribution in [2.45, 2.75) is 25.8 Å². The summed E-state index contributed by atoms with van der Waals surface area (Å²) in [5.74, 6) is 1.23. The van der Waals surface area contributed by atoms with Gasteiger partial charge in [-0.2, -0.15) is 0 Å². The van der Waals surface area contributed by atoms with E-state index >= 15 is 0 Å². The molecule has 0 saturated carbocycles. The van der Waals surface area contributed by atoms with E-state index in [2.05, 4.69) is 5.32 Å². The van der Waals surface area contributed by atoms with Gasteiger partial charge in [-0.05, 0) is 43.2 Å². The molecule has 4 nitrogen and oxygen atoms in total. The lowest BCUT2D eigenvalue weighted by atomic mass is 10.1. The molecule has 0 heterocycles. The van der Waals surface area contributed by atoms with Crippen molar-refractivity contribution in [3.8, 4) is 11.5 Å². The zero-order valence-electron chi connectivity index (χ0n) is 14.2. The van der Waals surface area contributed by atoms with E-state index in [4.69, 9.17) is 32.7 Å². The second-order valence-electron chi connectivity index (χ2n) is 5.63. The van der Waals surface area contributed by atoms with Crippen LogP contribution in [0.15, 0.2) is 42.5 Å². The van der Waals surface area contributed by atoms with Gasteiger partial charge in [0.1, 0.15) is 6.61 Å². The topological polar surface area (TPSA) is 47.6 Å². The van der Waals surface area contributed by atoms with Crippen LogP contribution >= 0.6 is 23.2 Å². The quantitative estimate of drug-likeness (QED) is 0.730. The van der Waals surface area contributed by atoms with Crippen LogP contribution < -0.4 is 14.8 Å². The van der Waals surface area contributed by atoms with Gasteiger partial charge in [0.25, 0.3) is 0 Å². The van der Waals surface area contributed by atoms with Gasteiger partial charge >= 0.3 is 0 Å². The molecule has 134 valence electrons. The van der Waals surface area contributed by atoms with Crippen LogP contribution in [-0.4, -0.2) is 25.7 Å². The van der Waals surface area contributed by atoms with Crippen molar-refractivity contribution in [2.24, 2.45) is 0 Å². The van der Waals surface area contributed by atoms with Crippen LogP contribution in [0.4, 0.5) is 0 Å². The summed E-state index contributed by atoms with van der Waals surface area (Å²) < 4.78 is 10.9. The minimum absolute atomic E-state index is 0.0767. The van der Waals surface area contributed by atoms with Crippen LogP contribution in [-0.2, 0) is 11.2 Å². The molecule has 6 heteroatoms. The third kappa shape index (κ3) is 5.83. The van der Waals surface area contributed by atoms with Crippen molar-refractivity contribution < 1.29 is 14.3 Å². The minimum atomic E-state index is -0.140. The highest BCUT2D eigenvalue weighted by Crippen LogP contribution is 2.26. The first-order valence-corrected chi connectivity index (χ1v) is 8.75. The molecule has 0 unspecified atom stereocenters. The summed E-state index contributed by atoms with van der Waals surface area (Å²) in [6.07, 6.45) is 0.798. The summed E-state index contributed by atoms with van der Waals surface area (Å²) >= 11 is 12.2. The molecule has 1 N–H and O–H groups in total. The monoisotopic (exact) mass is 381 g/mol. The van der Waals surface area contributed by atoms with Gasteiger partial charge in [-0.15, -0.1) is 0 Å². The lowest BCUT2D eigenvalue weighted by Crippen LogP contribution is -2.36. The maximum absolute atomic E-state index is 12.1. The molecule has 0 fully saturated rings. The van der Waals surface area contributed by atoms with Gasteiger partial charge in [0.15, 0.2) is 11.5 Å². The molecule has 2 aromatic carbocycles. The van der Waals surface area contributed by atoms with Crippen molar-refractivity contribution in [3.63, 3.8) is 0 Å². The Hall–Kier alpha value is -1.91. The summed E-state index contributed by atoms with van der Waals surface area (Å²) in [7, 11) is 1.59. The van der Waals surface area contributed by atoms with E-state index in [-0.39, 0.29) is 11.9 Å². The molecule has 2 aromatic rings. The molecule has 0 spiro atoms. The summed E-state index contributed by atoms with van der Waals surface area (Å²) in [5, 5.41) is 4.06. The SMILES string of the molecule is COc1ccccc1OC[C@@H](C)NC(=O)CCc1c(Cl)cccc1Cl. The second kappa shape index (κ2) is 9.54. The van der Waals surface area contributed by atoms with Gasteiger partial charge in [0.2, 0.25) is 5.91 Å². The highest BCUT2D eigenvalue weighted by Gasteiger charge is 2.12. The van der Waals surface area contributed by atoms with E-state index in [9.17, 15) is 4.79 Å². The van der Waals surface area contributed by atoms with Crippen molar-refractivity contribution in [1.82, 2.24) is 5.32 Å². The number of para-hydroxylation sites is 2. The number of ether oxygens (including phenoxy) is 2. The minimum Gasteiger partial charge on any atom is -0.493 e. The first-order chi connectivity index (χ1) is 12.0. The standard InChI is InChI=1S/C19H21Cl2NO3/c1-13(12-25-18-9-4-3-8-17(18)24-2)22-19(23)11-10-14-15(20)6-5-7-16(14)21/h3-9,13H,10-12H2,1-2H3,(H,22,23)/t13-/m1/s1. The van der Waals surface area contributed by atoms with Crippen LogP contribution in [0.5, 0.6) is 11.5 Å². The normalized spacial score (nSPS) is 11.7. The molecular weight excluding hydrogens is 361 g/mol. The third-order valence-corrected chi connectivity index (χ3v) is 4.34. The molecule has 1 amide bonds. The molecule has 0 aliphatic carbocycles. The zero-order valence-corrected chi connectivity index (χ0v) is 15.7. The number of amides is 1. The predicted octanol–water partition coefficient (Wildman–Crippen LogP) is 4.52. The fourth-order valence-corrected chi connectivity index (χ4v) is 2.94. The molecule has 1 atom stereocenters. The van der Waals surface area contributed by atoms with E-state index in [0.29, 0.717) is 41.0 Å². The van der Waals surface area contributed by atoms with Crippen molar-refractivity contribution in [2.75, 3.05) is 13.7 Å². The smallest absolute Gasteiger partial charge is 0.220 e. The van der Waals surface area contributed by atoms with Gasteiger partial charge in [-0.1, -0.05) is 41.4 Å². The van der Waals surface area contributed by atoms with Crippen LogP contribution in [0, 0.1) is 0 Å². The van der Waals surface area contributed by atoms with Crippen LogP contribution in [0.25, 0.3) is 0 Å². The van der Waals surface area contributed by atoms with Crippen LogP contribution in [0.1, 0.15) is 18.9 Å². The fraction of sp³-hybridized carbons (Fsp3) is 0.316. The summed E-state index contributed by atoms with van der Waals surface area (Å²) in [6.45, 7) is 2.23. The van der Waals surface area contributed by atoms with E-state index in [1.54, 1.807) is 25.3 Å². The second-order valence-corrected chi connectivity index (χ2v) is 6.45. The molecule has 0 radical (unpaired) electrons. The molecule has 25 heavy (non-hydrogen) atoms. The maximum atomic E-state index is 12.1. The first-order valence-electron chi connectivity index (χ1n) is 7.99. The maximum Gasteiger partial charge on any atom is 0.220 e. The highest BCUT2D eigenvalue weighted by atomic mass is 35.5. The Bertz CT molecular complexity index is 701. The van der Waals surface area contributed by atoms with E-state index < -0.39 is 0 Å². The lowest BCUT2D eigenvalue weighted by Gasteiger charge is -2.16. The Balaban J connectivity index is 1.80. The molecule has 0 saturated heterocycles. The Morgan fingerprint density at radius 1 is 1.08 bits per heavy atom. The van der Waals surface area contributed by atoms with E-state index in [1.165, 1.54) is 0 Å². The van der Waals surface area contributed by atoms with E-state index in [1.807, 2.05) is 31.2 Å². The van der Waals surface area contributed by atoms with Crippen LogP contribution in [0.2, 0.25) is 10.0 Å². The van der Waals surface area contributed by atoms with Gasteiger partial charge in [0, 0.05) is 16.5 Å². The first kappa shape index (κ1) is 19.4. The number of halogens is 2. The molecule has 0 aromatic heterocycles. The number of hydrogen-bond acceptors (Lipinski definition) is 3. The van der Waals surface area contributed by atoms with Gasteiger partial charge < -0.3 is 14.8 Å². The number of carbonyl (C=O) groups excluding carboxylic acids is 1. The average Bonchev–Trinajstić information content (AvgIpc) is 2.59. The van der Waals surface area contributed by atoms with Gasteiger partial charge in [-0.3, -0.25) is 4.79 Å². The number of rotatable bonds is 8. The number of hydrogen-bond donors (Lipinski definition) is 1. The highest BCUT2D eigenvalue weighted by molar-refractivity contribution is 6.36. The van der Waals surface area contributed by atoms with Gasteiger partial charge in [-0.25, -0.2) is 0 Å². The summed E-state index contributed by atoms with van der Waals surface area (Å²) in [5.41, 5.74) is 0.791. The lowest BCUT2D eigenvalue weighted by molar-refractivity contribution is -0.121. The Morgan fingerprint density at radius 2 is 1.72 bits per heavy atom. The molecule has 0 aliphatic rings. The summed E-state index contributed by atoms with van der Waals surface area (Å²) in [4.78, 5) is 12.1. The number of methoxy groups -OCH3 is 1. The Morgan fingerprint density at radius 3 is 2.36 bits per heavy atom. The molecule has 2 rings (SSSR count). The third-order valence-electron chi connectivity index (χ3n) is 3.63. The summed E-state index contributed by atoms with van der Waals surface area (Å²) in [6, 6.07) is 12.6. The number of carbonyl (C=O) groups is 1.